The summed E-state index contributed by atoms with van der Waals surface area (Å²) in [5.41, 5.74) is 0.267. The number of aryl methyl sites for hydroxylation is 1. The first-order valence-electron chi connectivity index (χ1n) is 6.01. The van der Waals surface area contributed by atoms with Crippen LogP contribution in [0.1, 0.15) is 44.3 Å². The van der Waals surface area contributed by atoms with E-state index in [0.29, 0.717) is 6.04 Å². The van der Waals surface area contributed by atoms with Crippen LogP contribution in [0.25, 0.3) is 0 Å². The molecule has 0 amide bonds. The van der Waals surface area contributed by atoms with Gasteiger partial charge in [0.2, 0.25) is 0 Å². The minimum atomic E-state index is -0.659. The smallest absolute Gasteiger partial charge is 0.160 e. The summed E-state index contributed by atoms with van der Waals surface area (Å²) in [4.78, 5) is 0. The fourth-order valence-corrected chi connectivity index (χ4v) is 2.13. The van der Waals surface area contributed by atoms with Crippen molar-refractivity contribution in [1.29, 1.82) is 0 Å². The minimum absolute atomic E-state index is 0.0666. The van der Waals surface area contributed by atoms with Crippen molar-refractivity contribution in [2.24, 2.45) is 0 Å². The maximum Gasteiger partial charge on any atom is 0.160 e. The van der Waals surface area contributed by atoms with Gasteiger partial charge < -0.3 is 9.84 Å². The van der Waals surface area contributed by atoms with Crippen molar-refractivity contribution in [3.05, 3.63) is 11.9 Å². The minimum Gasteiger partial charge on any atom is -0.484 e. The van der Waals surface area contributed by atoms with Crippen LogP contribution >= 0.6 is 0 Å². The zero-order chi connectivity index (χ0) is 11.3. The lowest BCUT2D eigenvalue weighted by atomic mass is 9.78. The van der Waals surface area contributed by atoms with Gasteiger partial charge in [-0.15, -0.1) is 0 Å². The largest absolute Gasteiger partial charge is 0.484 e. The van der Waals surface area contributed by atoms with Gasteiger partial charge in [-0.3, -0.25) is 4.68 Å². The number of hydrogen-bond donors (Lipinski definition) is 1. The van der Waals surface area contributed by atoms with E-state index >= 15 is 0 Å². The fourth-order valence-electron chi connectivity index (χ4n) is 2.13. The highest BCUT2D eigenvalue weighted by atomic mass is 16.5. The Morgan fingerprint density at radius 3 is 2.75 bits per heavy atom. The molecule has 4 heteroatoms. The van der Waals surface area contributed by atoms with Crippen LogP contribution < -0.4 is 4.74 Å². The van der Waals surface area contributed by atoms with E-state index in [9.17, 15) is 5.11 Å². The van der Waals surface area contributed by atoms with Crippen molar-refractivity contribution in [3.63, 3.8) is 0 Å². The molecule has 2 aliphatic rings. The molecule has 2 saturated carbocycles. The molecule has 0 aromatic carbocycles. The second kappa shape index (κ2) is 3.23. The number of aromatic nitrogens is 2. The van der Waals surface area contributed by atoms with Crippen molar-refractivity contribution in [2.75, 3.05) is 0 Å². The Morgan fingerprint density at radius 1 is 1.50 bits per heavy atom. The maximum absolute atomic E-state index is 9.90. The average molecular weight is 222 g/mol. The van der Waals surface area contributed by atoms with Crippen molar-refractivity contribution >= 4 is 0 Å². The van der Waals surface area contributed by atoms with Crippen molar-refractivity contribution < 1.29 is 9.84 Å². The third kappa shape index (κ3) is 1.61. The van der Waals surface area contributed by atoms with Gasteiger partial charge in [0.25, 0.3) is 0 Å². The van der Waals surface area contributed by atoms with Crippen LogP contribution in [0.5, 0.6) is 5.75 Å². The van der Waals surface area contributed by atoms with Crippen molar-refractivity contribution in [1.82, 2.24) is 9.78 Å². The number of rotatable bonds is 3. The molecule has 16 heavy (non-hydrogen) atoms. The summed E-state index contributed by atoms with van der Waals surface area (Å²) < 4.78 is 7.82. The zero-order valence-electron chi connectivity index (χ0n) is 9.81. The molecule has 4 nitrogen and oxygen atoms in total. The Kier molecular flexibility index (Phi) is 2.05. The third-order valence-corrected chi connectivity index (χ3v) is 3.67. The predicted octanol–water partition coefficient (Wildman–Crippen LogP) is 1.82. The summed E-state index contributed by atoms with van der Waals surface area (Å²) in [5, 5.41) is 14.3. The van der Waals surface area contributed by atoms with E-state index < -0.39 is 5.60 Å². The van der Waals surface area contributed by atoms with Gasteiger partial charge >= 0.3 is 0 Å². The highest BCUT2D eigenvalue weighted by molar-refractivity contribution is 5.25. The van der Waals surface area contributed by atoms with Gasteiger partial charge in [0.05, 0.1) is 17.8 Å². The van der Waals surface area contributed by atoms with Crippen LogP contribution in [0.4, 0.5) is 0 Å². The highest BCUT2D eigenvalue weighted by Gasteiger charge is 2.43. The lowest BCUT2D eigenvalue weighted by Crippen LogP contribution is -2.52. The predicted molar refractivity (Wildman–Crippen MR) is 59.5 cm³/mol. The summed E-state index contributed by atoms with van der Waals surface area (Å²) in [6, 6.07) is 0.581. The highest BCUT2D eigenvalue weighted by Crippen LogP contribution is 2.38. The summed E-state index contributed by atoms with van der Waals surface area (Å²) in [7, 11) is 0. The fraction of sp³-hybridized carbons (Fsp3) is 0.750. The van der Waals surface area contributed by atoms with Crippen LogP contribution in [0.2, 0.25) is 0 Å². The van der Waals surface area contributed by atoms with E-state index in [-0.39, 0.29) is 6.10 Å². The average Bonchev–Trinajstić information content (AvgIpc) is 2.99. The summed E-state index contributed by atoms with van der Waals surface area (Å²) >= 11 is 0. The van der Waals surface area contributed by atoms with Crippen LogP contribution in [-0.4, -0.2) is 26.6 Å². The summed E-state index contributed by atoms with van der Waals surface area (Å²) in [6.45, 7) is 3.80. The molecule has 2 atom stereocenters. The van der Waals surface area contributed by atoms with Gasteiger partial charge in [0.15, 0.2) is 5.75 Å². The van der Waals surface area contributed by atoms with Gasteiger partial charge in [0, 0.05) is 0 Å². The summed E-state index contributed by atoms with van der Waals surface area (Å²) in [5.74, 6) is 0.830. The first-order valence-corrected chi connectivity index (χ1v) is 6.01. The Balaban J connectivity index is 1.74. The molecule has 1 N–H and O–H groups in total. The summed E-state index contributed by atoms with van der Waals surface area (Å²) in [6.07, 6.45) is 6.11. The Bertz CT molecular complexity index is 407. The Labute approximate surface area is 95.2 Å². The van der Waals surface area contributed by atoms with Crippen LogP contribution in [-0.2, 0) is 0 Å². The molecule has 1 aromatic heterocycles. The van der Waals surface area contributed by atoms with Gasteiger partial charge in [-0.2, -0.15) is 5.10 Å². The van der Waals surface area contributed by atoms with E-state index in [1.807, 2.05) is 24.7 Å². The molecular formula is C12H18N2O2. The van der Waals surface area contributed by atoms with Gasteiger partial charge in [-0.05, 0) is 39.5 Å². The zero-order valence-corrected chi connectivity index (χ0v) is 9.81. The quantitative estimate of drug-likeness (QED) is 0.848. The number of hydrogen-bond acceptors (Lipinski definition) is 3. The molecule has 1 heterocycles. The first-order chi connectivity index (χ1) is 7.56. The number of ether oxygens (including phenoxy) is 1. The molecule has 0 saturated heterocycles. The molecule has 0 bridgehead atoms. The Morgan fingerprint density at radius 2 is 2.25 bits per heavy atom. The van der Waals surface area contributed by atoms with E-state index in [1.54, 1.807) is 0 Å². The van der Waals surface area contributed by atoms with E-state index in [0.717, 1.165) is 24.3 Å². The lowest BCUT2D eigenvalue weighted by Gasteiger charge is -2.41. The monoisotopic (exact) mass is 222 g/mol. The van der Waals surface area contributed by atoms with E-state index in [1.165, 1.54) is 12.8 Å². The second-order valence-electron chi connectivity index (χ2n) is 5.29. The maximum atomic E-state index is 9.90. The standard InChI is InChI=1S/C12H18N2O2/c1-8-10(7-14(13-8)9-3-4-9)16-11-5-6-12(11,2)15/h7,9,11,15H,3-6H2,1-2H3. The molecule has 2 fully saturated rings. The second-order valence-corrected chi connectivity index (χ2v) is 5.29. The number of aliphatic hydroxyl groups is 1. The van der Waals surface area contributed by atoms with E-state index in [2.05, 4.69) is 5.10 Å². The molecule has 88 valence electrons. The normalized spacial score (nSPS) is 33.6. The van der Waals surface area contributed by atoms with Gasteiger partial charge in [0.1, 0.15) is 11.8 Å². The molecule has 0 radical (unpaired) electrons. The van der Waals surface area contributed by atoms with Gasteiger partial charge in [-0.25, -0.2) is 0 Å². The van der Waals surface area contributed by atoms with Gasteiger partial charge in [-0.1, -0.05) is 0 Å². The Hall–Kier alpha value is -1.03. The van der Waals surface area contributed by atoms with Crippen molar-refractivity contribution in [2.45, 2.75) is 57.3 Å². The molecule has 3 rings (SSSR count). The number of nitrogens with zero attached hydrogens (tertiary/aromatic N) is 2. The molecule has 0 aliphatic heterocycles. The molecule has 1 aromatic rings. The van der Waals surface area contributed by atoms with Crippen LogP contribution in [0, 0.1) is 6.92 Å². The van der Waals surface area contributed by atoms with Crippen LogP contribution in [0.15, 0.2) is 6.20 Å². The molecule has 2 unspecified atom stereocenters. The lowest BCUT2D eigenvalue weighted by molar-refractivity contribution is -0.118. The molecule has 2 aliphatic carbocycles. The first kappa shape index (κ1) is 10.1. The SMILES string of the molecule is Cc1nn(C2CC2)cc1OC1CCC1(C)O. The van der Waals surface area contributed by atoms with Crippen molar-refractivity contribution in [3.8, 4) is 5.75 Å². The molecular weight excluding hydrogens is 204 g/mol. The molecule has 0 spiro atoms. The van der Waals surface area contributed by atoms with Crippen LogP contribution in [0.3, 0.4) is 0 Å². The topological polar surface area (TPSA) is 47.3 Å². The van der Waals surface area contributed by atoms with E-state index in [4.69, 9.17) is 4.74 Å². The third-order valence-electron chi connectivity index (χ3n) is 3.67.